The van der Waals surface area contributed by atoms with Gasteiger partial charge in [0.1, 0.15) is 0 Å². The molecule has 122 valence electrons. The lowest BCUT2D eigenvalue weighted by molar-refractivity contribution is -0.122. The molecule has 0 aromatic heterocycles. The molecule has 1 amide bonds. The van der Waals surface area contributed by atoms with Crippen LogP contribution in [-0.4, -0.2) is 12.0 Å². The zero-order valence-electron chi connectivity index (χ0n) is 13.3. The summed E-state index contributed by atoms with van der Waals surface area (Å²) in [6.07, 6.45) is -0.318. The number of amides is 1. The summed E-state index contributed by atoms with van der Waals surface area (Å²) in [5.74, 6) is -0.691. The average molecular weight is 323 g/mol. The SMILES string of the molecule is CC[C@H](Oc1ccccc1F)C(=O)Nc1ccc2ccccc2c1. The van der Waals surface area contributed by atoms with E-state index in [1.807, 2.05) is 49.4 Å². The van der Waals surface area contributed by atoms with Crippen molar-refractivity contribution in [1.29, 1.82) is 0 Å². The van der Waals surface area contributed by atoms with Crippen molar-refractivity contribution in [3.63, 3.8) is 0 Å². The number of ether oxygens (including phenoxy) is 1. The molecular formula is C20H18FNO2. The summed E-state index contributed by atoms with van der Waals surface area (Å²) in [5.41, 5.74) is 0.689. The standard InChI is InChI=1S/C20H18FNO2/c1-2-18(24-19-10-6-5-9-17(19)21)20(23)22-16-12-11-14-7-3-4-8-15(14)13-16/h3-13,18H,2H2,1H3,(H,22,23)/t18-/m0/s1. The second-order valence-corrected chi connectivity index (χ2v) is 5.50. The van der Waals surface area contributed by atoms with Crippen molar-refractivity contribution in [3.8, 4) is 5.75 Å². The Bertz CT molecular complexity index is 863. The summed E-state index contributed by atoms with van der Waals surface area (Å²) in [6.45, 7) is 1.82. The van der Waals surface area contributed by atoms with Gasteiger partial charge in [-0.05, 0) is 41.5 Å². The van der Waals surface area contributed by atoms with Crippen LogP contribution in [-0.2, 0) is 4.79 Å². The van der Waals surface area contributed by atoms with Gasteiger partial charge in [0.25, 0.3) is 5.91 Å². The van der Waals surface area contributed by atoms with Gasteiger partial charge in [0.15, 0.2) is 17.7 Å². The maximum Gasteiger partial charge on any atom is 0.265 e. The lowest BCUT2D eigenvalue weighted by atomic mass is 10.1. The number of nitrogens with one attached hydrogen (secondary N) is 1. The molecule has 3 nitrogen and oxygen atoms in total. The number of anilines is 1. The molecular weight excluding hydrogens is 305 g/mol. The third-order valence-corrected chi connectivity index (χ3v) is 3.79. The van der Waals surface area contributed by atoms with E-state index in [1.165, 1.54) is 12.1 Å². The minimum atomic E-state index is -0.756. The molecule has 0 radical (unpaired) electrons. The normalized spacial score (nSPS) is 11.9. The van der Waals surface area contributed by atoms with E-state index in [0.29, 0.717) is 12.1 Å². The summed E-state index contributed by atoms with van der Waals surface area (Å²) in [4.78, 5) is 12.4. The second kappa shape index (κ2) is 7.13. The summed E-state index contributed by atoms with van der Waals surface area (Å²) < 4.78 is 19.2. The molecule has 3 aromatic carbocycles. The fraction of sp³-hybridized carbons (Fsp3) is 0.150. The van der Waals surface area contributed by atoms with Crippen LogP contribution in [0.3, 0.4) is 0 Å². The highest BCUT2D eigenvalue weighted by Gasteiger charge is 2.20. The molecule has 3 rings (SSSR count). The van der Waals surface area contributed by atoms with Gasteiger partial charge in [-0.2, -0.15) is 0 Å². The third-order valence-electron chi connectivity index (χ3n) is 3.79. The molecule has 4 heteroatoms. The van der Waals surface area contributed by atoms with E-state index in [0.717, 1.165) is 10.8 Å². The van der Waals surface area contributed by atoms with E-state index in [1.54, 1.807) is 12.1 Å². The van der Waals surface area contributed by atoms with Crippen LogP contribution in [0.25, 0.3) is 10.8 Å². The topological polar surface area (TPSA) is 38.3 Å². The first-order valence-electron chi connectivity index (χ1n) is 7.88. The van der Waals surface area contributed by atoms with Crippen LogP contribution in [0.5, 0.6) is 5.75 Å². The lowest BCUT2D eigenvalue weighted by Crippen LogP contribution is -2.32. The quantitative estimate of drug-likeness (QED) is 0.734. The molecule has 0 aliphatic heterocycles. The minimum Gasteiger partial charge on any atom is -0.478 e. The zero-order valence-corrected chi connectivity index (χ0v) is 13.3. The van der Waals surface area contributed by atoms with Gasteiger partial charge in [-0.3, -0.25) is 4.79 Å². The lowest BCUT2D eigenvalue weighted by Gasteiger charge is -2.17. The number of hydrogen-bond acceptors (Lipinski definition) is 2. The summed E-state index contributed by atoms with van der Waals surface area (Å²) >= 11 is 0. The van der Waals surface area contributed by atoms with E-state index in [2.05, 4.69) is 5.32 Å². The van der Waals surface area contributed by atoms with Crippen LogP contribution in [0.1, 0.15) is 13.3 Å². The van der Waals surface area contributed by atoms with E-state index in [4.69, 9.17) is 4.74 Å². The van der Waals surface area contributed by atoms with Crippen molar-refractivity contribution >= 4 is 22.4 Å². The number of fused-ring (bicyclic) bond motifs is 1. The van der Waals surface area contributed by atoms with Gasteiger partial charge in [0.05, 0.1) is 0 Å². The number of benzene rings is 3. The van der Waals surface area contributed by atoms with E-state index < -0.39 is 11.9 Å². The van der Waals surface area contributed by atoms with Crippen LogP contribution in [0.2, 0.25) is 0 Å². The van der Waals surface area contributed by atoms with Crippen LogP contribution in [0.4, 0.5) is 10.1 Å². The van der Waals surface area contributed by atoms with Crippen LogP contribution < -0.4 is 10.1 Å². The van der Waals surface area contributed by atoms with Crippen molar-refractivity contribution < 1.29 is 13.9 Å². The van der Waals surface area contributed by atoms with Crippen LogP contribution >= 0.6 is 0 Å². The fourth-order valence-corrected chi connectivity index (χ4v) is 2.51. The van der Waals surface area contributed by atoms with E-state index in [9.17, 15) is 9.18 Å². The van der Waals surface area contributed by atoms with E-state index in [-0.39, 0.29) is 11.7 Å². The Morgan fingerprint density at radius 2 is 1.75 bits per heavy atom. The average Bonchev–Trinajstić information content (AvgIpc) is 2.61. The van der Waals surface area contributed by atoms with Crippen molar-refractivity contribution in [2.24, 2.45) is 0 Å². The predicted molar refractivity (Wildman–Crippen MR) is 93.7 cm³/mol. The largest absolute Gasteiger partial charge is 0.478 e. The molecule has 0 spiro atoms. The summed E-state index contributed by atoms with van der Waals surface area (Å²) in [5, 5.41) is 4.98. The predicted octanol–water partition coefficient (Wildman–Crippen LogP) is 4.78. The number of carbonyl (C=O) groups is 1. The number of halogens is 1. The Morgan fingerprint density at radius 1 is 1.04 bits per heavy atom. The number of para-hydroxylation sites is 1. The highest BCUT2D eigenvalue weighted by atomic mass is 19.1. The molecule has 0 fully saturated rings. The van der Waals surface area contributed by atoms with Gasteiger partial charge >= 0.3 is 0 Å². The van der Waals surface area contributed by atoms with Gasteiger partial charge in [-0.1, -0.05) is 49.4 Å². The number of hydrogen-bond donors (Lipinski definition) is 1. The Balaban J connectivity index is 1.75. The number of rotatable bonds is 5. The van der Waals surface area contributed by atoms with Crippen molar-refractivity contribution in [2.75, 3.05) is 5.32 Å². The first-order chi connectivity index (χ1) is 11.7. The van der Waals surface area contributed by atoms with Gasteiger partial charge in [-0.25, -0.2) is 4.39 Å². The fourth-order valence-electron chi connectivity index (χ4n) is 2.51. The monoisotopic (exact) mass is 323 g/mol. The summed E-state index contributed by atoms with van der Waals surface area (Å²) in [7, 11) is 0. The number of carbonyl (C=O) groups excluding carboxylic acids is 1. The molecule has 1 N–H and O–H groups in total. The molecule has 0 aliphatic carbocycles. The first-order valence-corrected chi connectivity index (χ1v) is 7.88. The molecule has 0 aliphatic rings. The molecule has 1 atom stereocenters. The Kier molecular flexibility index (Phi) is 4.75. The van der Waals surface area contributed by atoms with Gasteiger partial charge < -0.3 is 10.1 Å². The maximum atomic E-state index is 13.7. The Morgan fingerprint density at radius 3 is 2.50 bits per heavy atom. The van der Waals surface area contributed by atoms with Gasteiger partial charge in [0.2, 0.25) is 0 Å². The van der Waals surface area contributed by atoms with Crippen molar-refractivity contribution in [1.82, 2.24) is 0 Å². The van der Waals surface area contributed by atoms with Crippen LogP contribution in [0, 0.1) is 5.82 Å². The zero-order chi connectivity index (χ0) is 16.9. The minimum absolute atomic E-state index is 0.0815. The Hall–Kier alpha value is -2.88. The third kappa shape index (κ3) is 3.54. The smallest absolute Gasteiger partial charge is 0.265 e. The first kappa shape index (κ1) is 16.0. The van der Waals surface area contributed by atoms with Crippen LogP contribution in [0.15, 0.2) is 66.7 Å². The molecule has 0 saturated carbocycles. The molecule has 0 heterocycles. The van der Waals surface area contributed by atoms with E-state index >= 15 is 0 Å². The van der Waals surface area contributed by atoms with Gasteiger partial charge in [0, 0.05) is 5.69 Å². The summed E-state index contributed by atoms with van der Waals surface area (Å²) in [6, 6.07) is 19.7. The molecule has 24 heavy (non-hydrogen) atoms. The van der Waals surface area contributed by atoms with Gasteiger partial charge in [-0.15, -0.1) is 0 Å². The second-order valence-electron chi connectivity index (χ2n) is 5.50. The highest BCUT2D eigenvalue weighted by molar-refractivity contribution is 5.96. The molecule has 0 bridgehead atoms. The van der Waals surface area contributed by atoms with Crippen molar-refractivity contribution in [3.05, 3.63) is 72.5 Å². The maximum absolute atomic E-state index is 13.7. The molecule has 3 aromatic rings. The molecule has 0 saturated heterocycles. The Labute approximate surface area is 140 Å². The molecule has 0 unspecified atom stereocenters. The van der Waals surface area contributed by atoms with Crippen molar-refractivity contribution in [2.45, 2.75) is 19.4 Å². The highest BCUT2D eigenvalue weighted by Crippen LogP contribution is 2.21.